The highest BCUT2D eigenvalue weighted by Gasteiger charge is 2.41. The highest BCUT2D eigenvalue weighted by atomic mass is 35.5. The van der Waals surface area contributed by atoms with Crippen LogP contribution in [0.3, 0.4) is 0 Å². The summed E-state index contributed by atoms with van der Waals surface area (Å²) in [6.45, 7) is 19.9. The zero-order valence-corrected chi connectivity index (χ0v) is 32.6. The van der Waals surface area contributed by atoms with Gasteiger partial charge in [-0.15, -0.1) is 0 Å². The average molecular weight is 713 g/mol. The van der Waals surface area contributed by atoms with Crippen LogP contribution in [-0.4, -0.2) is 120 Å². The van der Waals surface area contributed by atoms with Crippen molar-refractivity contribution in [2.24, 2.45) is 11.3 Å². The summed E-state index contributed by atoms with van der Waals surface area (Å²) in [6, 6.07) is 6.12. The number of piperidine rings is 1. The lowest BCUT2D eigenvalue weighted by Crippen LogP contribution is -2.60. The molecule has 3 fully saturated rings. The molecule has 3 aliphatic rings. The summed E-state index contributed by atoms with van der Waals surface area (Å²) in [4.78, 5) is 65.4. The van der Waals surface area contributed by atoms with Crippen LogP contribution in [0, 0.1) is 11.3 Å². The Kier molecular flexibility index (Phi) is 13.4. The molecular weight excluding hydrogens is 652 g/mol. The Hall–Kier alpha value is -3.11. The molecule has 3 saturated heterocycles. The monoisotopic (exact) mass is 712 g/mol. The molecule has 11 heteroatoms. The fraction of sp³-hybridized carbons (Fsp3) is 0.692. The molecule has 10 nitrogen and oxygen atoms in total. The van der Waals surface area contributed by atoms with Gasteiger partial charge < -0.3 is 24.9 Å². The minimum absolute atomic E-state index is 0.00298. The van der Waals surface area contributed by atoms with Crippen molar-refractivity contribution < 1.29 is 19.2 Å². The van der Waals surface area contributed by atoms with Crippen molar-refractivity contribution >= 4 is 40.9 Å². The summed E-state index contributed by atoms with van der Waals surface area (Å²) in [5.41, 5.74) is 0.954. The Labute approximate surface area is 305 Å². The van der Waals surface area contributed by atoms with Gasteiger partial charge in [0.1, 0.15) is 12.1 Å². The second-order valence-electron chi connectivity index (χ2n) is 16.1. The van der Waals surface area contributed by atoms with Crippen LogP contribution < -0.4 is 10.2 Å². The maximum Gasteiger partial charge on any atom is 0.249 e. The SMILES string of the molecule is C/C(=C\[C@H](C(C)C)N(C)C(=O)[C@@H](NC(=O)[C@H]1CCCCN1C(C)C)C(C)(C)C)C(=O)N1CCC[C@H]1C(=O)N1CCN(c2ccccc2Cl)CC1. The molecular formula is C39H61ClN6O4. The molecule has 3 heterocycles. The number of carbonyl (C=O) groups excluding carboxylic acids is 4. The molecule has 4 amide bonds. The molecule has 3 aliphatic heterocycles. The largest absolute Gasteiger partial charge is 0.367 e. The van der Waals surface area contributed by atoms with E-state index in [1.54, 1.807) is 23.8 Å². The average Bonchev–Trinajstić information content (AvgIpc) is 3.58. The van der Waals surface area contributed by atoms with Crippen molar-refractivity contribution in [1.82, 2.24) is 24.9 Å². The number of benzene rings is 1. The van der Waals surface area contributed by atoms with E-state index in [4.69, 9.17) is 11.6 Å². The van der Waals surface area contributed by atoms with Gasteiger partial charge in [-0.2, -0.15) is 0 Å². The highest BCUT2D eigenvalue weighted by Crippen LogP contribution is 2.29. The van der Waals surface area contributed by atoms with Gasteiger partial charge in [0.05, 0.1) is 22.8 Å². The molecule has 0 saturated carbocycles. The third kappa shape index (κ3) is 9.21. The van der Waals surface area contributed by atoms with E-state index in [-0.39, 0.29) is 47.7 Å². The number of hydrogen-bond acceptors (Lipinski definition) is 6. The zero-order valence-electron chi connectivity index (χ0n) is 31.9. The third-order valence-electron chi connectivity index (χ3n) is 10.7. The number of para-hydroxylation sites is 1. The van der Waals surface area contributed by atoms with Crippen LogP contribution in [0.4, 0.5) is 5.69 Å². The van der Waals surface area contributed by atoms with Crippen molar-refractivity contribution in [3.63, 3.8) is 0 Å². The number of nitrogens with zero attached hydrogens (tertiary/aromatic N) is 5. The molecule has 0 radical (unpaired) electrons. The number of piperazine rings is 1. The van der Waals surface area contributed by atoms with Gasteiger partial charge in [0, 0.05) is 51.4 Å². The van der Waals surface area contributed by atoms with Gasteiger partial charge in [-0.1, -0.05) is 70.8 Å². The molecule has 50 heavy (non-hydrogen) atoms. The van der Waals surface area contributed by atoms with Crippen LogP contribution in [0.2, 0.25) is 5.02 Å². The predicted molar refractivity (Wildman–Crippen MR) is 201 cm³/mol. The molecule has 0 spiro atoms. The standard InChI is InChI=1S/C39H61ClN6O4/c1-26(2)33(42(9)38(50)34(39(6,7)8)41-35(47)31-17-12-13-19-45(31)27(3)4)25-28(5)36(48)46-20-14-18-32(46)37(49)44-23-21-43(22-24-44)30-16-11-10-15-29(30)40/h10-11,15-16,25-27,31-34H,12-14,17-24H2,1-9H3,(H,41,47)/b28-25+/t31-,32+,33-,34-/m1/s1. The van der Waals surface area contributed by atoms with Gasteiger partial charge in [0.15, 0.2) is 0 Å². The smallest absolute Gasteiger partial charge is 0.249 e. The minimum atomic E-state index is -0.736. The van der Waals surface area contributed by atoms with Crippen molar-refractivity contribution in [3.8, 4) is 0 Å². The second-order valence-corrected chi connectivity index (χ2v) is 16.5. The molecule has 1 N–H and O–H groups in total. The molecule has 0 unspecified atom stereocenters. The van der Waals surface area contributed by atoms with Gasteiger partial charge in [-0.25, -0.2) is 0 Å². The summed E-state index contributed by atoms with van der Waals surface area (Å²) in [5, 5.41) is 3.85. The molecule has 0 aromatic heterocycles. The van der Waals surface area contributed by atoms with E-state index in [0.717, 1.165) is 37.9 Å². The van der Waals surface area contributed by atoms with E-state index >= 15 is 0 Å². The van der Waals surface area contributed by atoms with Crippen LogP contribution in [0.1, 0.15) is 87.5 Å². The molecule has 4 atom stereocenters. The number of carbonyl (C=O) groups is 4. The Morgan fingerprint density at radius 2 is 1.54 bits per heavy atom. The van der Waals surface area contributed by atoms with E-state index in [0.29, 0.717) is 49.7 Å². The summed E-state index contributed by atoms with van der Waals surface area (Å²) < 4.78 is 0. The van der Waals surface area contributed by atoms with Crippen molar-refractivity contribution in [1.29, 1.82) is 0 Å². The third-order valence-corrected chi connectivity index (χ3v) is 11.0. The molecule has 278 valence electrons. The van der Waals surface area contributed by atoms with Crippen LogP contribution in [0.15, 0.2) is 35.9 Å². The van der Waals surface area contributed by atoms with Gasteiger partial charge in [0.2, 0.25) is 23.6 Å². The van der Waals surface area contributed by atoms with Crippen LogP contribution >= 0.6 is 11.6 Å². The minimum Gasteiger partial charge on any atom is -0.367 e. The van der Waals surface area contributed by atoms with Gasteiger partial charge in [-0.05, 0) is 76.5 Å². The molecule has 0 bridgehead atoms. The first-order valence-electron chi connectivity index (χ1n) is 18.6. The first-order chi connectivity index (χ1) is 23.5. The number of rotatable bonds is 10. The van der Waals surface area contributed by atoms with Crippen LogP contribution in [0.25, 0.3) is 0 Å². The normalized spacial score (nSPS) is 22.2. The second kappa shape index (κ2) is 16.9. The van der Waals surface area contributed by atoms with E-state index in [2.05, 4.69) is 29.0 Å². The molecule has 4 rings (SSSR count). The van der Waals surface area contributed by atoms with E-state index in [1.807, 2.05) is 69.9 Å². The van der Waals surface area contributed by atoms with E-state index in [1.165, 1.54) is 0 Å². The summed E-state index contributed by atoms with van der Waals surface area (Å²) >= 11 is 6.42. The highest BCUT2D eigenvalue weighted by molar-refractivity contribution is 6.33. The maximum absolute atomic E-state index is 14.2. The fourth-order valence-corrected chi connectivity index (χ4v) is 8.01. The number of hydrogen-bond donors (Lipinski definition) is 1. The number of halogens is 1. The first kappa shape index (κ1) is 39.7. The van der Waals surface area contributed by atoms with Crippen molar-refractivity contribution in [2.75, 3.05) is 51.2 Å². The lowest BCUT2D eigenvalue weighted by atomic mass is 9.84. The Balaban J connectivity index is 1.44. The van der Waals surface area contributed by atoms with Crippen LogP contribution in [-0.2, 0) is 19.2 Å². The number of anilines is 1. The number of amides is 4. The first-order valence-corrected chi connectivity index (χ1v) is 19.0. The number of nitrogens with one attached hydrogen (secondary N) is 1. The maximum atomic E-state index is 14.2. The Morgan fingerprint density at radius 1 is 0.900 bits per heavy atom. The predicted octanol–water partition coefficient (Wildman–Crippen LogP) is 5.20. The van der Waals surface area contributed by atoms with E-state index < -0.39 is 17.5 Å². The summed E-state index contributed by atoms with van der Waals surface area (Å²) in [5.74, 6) is -0.457. The van der Waals surface area contributed by atoms with Crippen molar-refractivity contribution in [2.45, 2.75) is 118 Å². The summed E-state index contributed by atoms with van der Waals surface area (Å²) in [7, 11) is 1.76. The number of likely N-dealkylation sites (N-methyl/N-ethyl adjacent to an activating group) is 1. The van der Waals surface area contributed by atoms with Gasteiger partial charge in [-0.3, -0.25) is 24.1 Å². The zero-order chi connectivity index (χ0) is 36.9. The van der Waals surface area contributed by atoms with Gasteiger partial charge >= 0.3 is 0 Å². The lowest BCUT2D eigenvalue weighted by molar-refractivity contribution is -0.142. The lowest BCUT2D eigenvalue weighted by Gasteiger charge is -2.41. The van der Waals surface area contributed by atoms with Crippen LogP contribution in [0.5, 0.6) is 0 Å². The molecule has 1 aromatic carbocycles. The Morgan fingerprint density at radius 3 is 2.14 bits per heavy atom. The van der Waals surface area contributed by atoms with Gasteiger partial charge in [0.25, 0.3) is 0 Å². The summed E-state index contributed by atoms with van der Waals surface area (Å²) in [6.07, 6.45) is 6.12. The van der Waals surface area contributed by atoms with Crippen molar-refractivity contribution in [3.05, 3.63) is 40.9 Å². The fourth-order valence-electron chi connectivity index (χ4n) is 7.75. The molecule has 0 aliphatic carbocycles. The van der Waals surface area contributed by atoms with E-state index in [9.17, 15) is 19.2 Å². The Bertz CT molecular complexity index is 1400. The topological polar surface area (TPSA) is 96.5 Å². The molecule has 1 aromatic rings. The quantitative estimate of drug-likeness (QED) is 0.335. The number of likely N-dealkylation sites (tertiary alicyclic amines) is 2.